The van der Waals surface area contributed by atoms with Gasteiger partial charge in [-0.2, -0.15) is 13.2 Å². The van der Waals surface area contributed by atoms with Crippen LogP contribution in [0, 0.1) is 0 Å². The standard InChI is InChI=1S/C23H21ClF3N3OS/c1-29-10-12-30(13-11-29)17-6-7-19(18(14-17)23(25,26)27)28-22(31)21-9-8-20(32-21)15-2-4-16(24)5-3-15/h2-9,14H,10-13H2,1H3,(H,28,31). The molecule has 1 saturated heterocycles. The molecule has 0 saturated carbocycles. The summed E-state index contributed by atoms with van der Waals surface area (Å²) in [7, 11) is 1.99. The summed E-state index contributed by atoms with van der Waals surface area (Å²) in [4.78, 5) is 17.9. The van der Waals surface area contributed by atoms with Crippen LogP contribution in [0.2, 0.25) is 5.02 Å². The van der Waals surface area contributed by atoms with Crippen molar-refractivity contribution in [3.63, 3.8) is 0 Å². The second-order valence-electron chi connectivity index (χ2n) is 7.64. The van der Waals surface area contributed by atoms with E-state index >= 15 is 0 Å². The predicted octanol–water partition coefficient (Wildman–Crippen LogP) is 6.09. The third-order valence-corrected chi connectivity index (χ3v) is 6.77. The van der Waals surface area contributed by atoms with Crippen LogP contribution in [-0.4, -0.2) is 44.0 Å². The lowest BCUT2D eigenvalue weighted by molar-refractivity contribution is -0.136. The van der Waals surface area contributed by atoms with Crippen LogP contribution in [0.4, 0.5) is 24.5 Å². The molecule has 2 heterocycles. The van der Waals surface area contributed by atoms with Gasteiger partial charge in [0, 0.05) is 41.8 Å². The van der Waals surface area contributed by atoms with E-state index in [9.17, 15) is 18.0 Å². The third-order valence-electron chi connectivity index (χ3n) is 5.38. The maximum Gasteiger partial charge on any atom is 0.418 e. The molecule has 0 radical (unpaired) electrons. The molecule has 3 aromatic rings. The molecule has 1 N–H and O–H groups in total. The van der Waals surface area contributed by atoms with E-state index in [4.69, 9.17) is 11.6 Å². The van der Waals surface area contributed by atoms with Crippen LogP contribution in [0.3, 0.4) is 0 Å². The highest BCUT2D eigenvalue weighted by Crippen LogP contribution is 2.38. The molecule has 1 fully saturated rings. The number of amides is 1. The number of carbonyl (C=O) groups excluding carboxylic acids is 1. The van der Waals surface area contributed by atoms with Crippen molar-refractivity contribution >= 4 is 40.2 Å². The number of nitrogens with one attached hydrogen (secondary N) is 1. The number of thiophene rings is 1. The summed E-state index contributed by atoms with van der Waals surface area (Å²) in [6, 6.07) is 14.6. The minimum Gasteiger partial charge on any atom is -0.369 e. The van der Waals surface area contributed by atoms with Crippen LogP contribution >= 0.6 is 22.9 Å². The summed E-state index contributed by atoms with van der Waals surface area (Å²) >= 11 is 7.12. The predicted molar refractivity (Wildman–Crippen MR) is 124 cm³/mol. The molecule has 1 aromatic heterocycles. The molecule has 0 spiro atoms. The Kier molecular flexibility index (Phi) is 6.46. The van der Waals surface area contributed by atoms with Gasteiger partial charge in [-0.3, -0.25) is 4.79 Å². The Hall–Kier alpha value is -2.55. The van der Waals surface area contributed by atoms with Gasteiger partial charge in [0.15, 0.2) is 0 Å². The monoisotopic (exact) mass is 479 g/mol. The lowest BCUT2D eigenvalue weighted by Gasteiger charge is -2.34. The van der Waals surface area contributed by atoms with Crippen LogP contribution in [0.15, 0.2) is 54.6 Å². The molecule has 4 rings (SSSR count). The van der Waals surface area contributed by atoms with Crippen LogP contribution in [0.5, 0.6) is 0 Å². The molecule has 2 aromatic carbocycles. The van der Waals surface area contributed by atoms with Crippen molar-refractivity contribution in [1.29, 1.82) is 0 Å². The molecule has 1 amide bonds. The number of hydrogen-bond donors (Lipinski definition) is 1. The summed E-state index contributed by atoms with van der Waals surface area (Å²) in [6.07, 6.45) is -4.59. The first-order chi connectivity index (χ1) is 15.2. The van der Waals surface area contributed by atoms with Gasteiger partial charge in [0.1, 0.15) is 0 Å². The zero-order chi connectivity index (χ0) is 22.9. The molecule has 0 unspecified atom stereocenters. The SMILES string of the molecule is CN1CCN(c2ccc(NC(=O)c3ccc(-c4ccc(Cl)cc4)s3)c(C(F)(F)F)c2)CC1. The van der Waals surface area contributed by atoms with Gasteiger partial charge in [0.2, 0.25) is 0 Å². The number of carbonyl (C=O) groups is 1. The zero-order valence-corrected chi connectivity index (χ0v) is 18.8. The number of likely N-dealkylation sites (N-methyl/N-ethyl adjacent to an activating group) is 1. The Bertz CT molecular complexity index is 1110. The van der Waals surface area contributed by atoms with Gasteiger partial charge in [0.05, 0.1) is 16.1 Å². The highest BCUT2D eigenvalue weighted by atomic mass is 35.5. The van der Waals surface area contributed by atoms with Gasteiger partial charge in [-0.1, -0.05) is 23.7 Å². The molecule has 168 valence electrons. The summed E-state index contributed by atoms with van der Waals surface area (Å²) in [6.45, 7) is 2.88. The molecular formula is C23H21ClF3N3OS. The van der Waals surface area contributed by atoms with E-state index in [1.54, 1.807) is 30.3 Å². The quantitative estimate of drug-likeness (QED) is 0.491. The number of anilines is 2. The van der Waals surface area contributed by atoms with Crippen molar-refractivity contribution in [3.05, 3.63) is 70.1 Å². The Morgan fingerprint density at radius 2 is 1.69 bits per heavy atom. The first kappa shape index (κ1) is 22.6. The number of hydrogen-bond acceptors (Lipinski definition) is 4. The van der Waals surface area contributed by atoms with E-state index < -0.39 is 17.6 Å². The number of nitrogens with zero attached hydrogens (tertiary/aromatic N) is 2. The van der Waals surface area contributed by atoms with E-state index in [2.05, 4.69) is 10.2 Å². The number of piperazine rings is 1. The van der Waals surface area contributed by atoms with Crippen molar-refractivity contribution in [2.24, 2.45) is 0 Å². The van der Waals surface area contributed by atoms with Crippen molar-refractivity contribution < 1.29 is 18.0 Å². The van der Waals surface area contributed by atoms with Crippen molar-refractivity contribution in [2.45, 2.75) is 6.18 Å². The van der Waals surface area contributed by atoms with Gasteiger partial charge in [-0.25, -0.2) is 0 Å². The topological polar surface area (TPSA) is 35.6 Å². The Morgan fingerprint density at radius 1 is 1.00 bits per heavy atom. The molecule has 32 heavy (non-hydrogen) atoms. The summed E-state index contributed by atoms with van der Waals surface area (Å²) in [5, 5.41) is 3.05. The summed E-state index contributed by atoms with van der Waals surface area (Å²) in [5.74, 6) is -0.576. The van der Waals surface area contributed by atoms with Crippen LogP contribution in [-0.2, 0) is 6.18 Å². The van der Waals surface area contributed by atoms with E-state index in [0.717, 1.165) is 29.6 Å². The second kappa shape index (κ2) is 9.13. The maximum absolute atomic E-state index is 13.8. The Labute approximate surface area is 193 Å². The van der Waals surface area contributed by atoms with E-state index in [1.165, 1.54) is 17.4 Å². The van der Waals surface area contributed by atoms with Gasteiger partial charge in [0.25, 0.3) is 5.91 Å². The van der Waals surface area contributed by atoms with Crippen molar-refractivity contribution in [3.8, 4) is 10.4 Å². The summed E-state index contributed by atoms with van der Waals surface area (Å²) in [5.41, 5.74) is 0.286. The minimum atomic E-state index is -4.59. The fraction of sp³-hybridized carbons (Fsp3) is 0.261. The molecule has 0 aliphatic carbocycles. The van der Waals surface area contributed by atoms with Crippen LogP contribution in [0.1, 0.15) is 15.2 Å². The Morgan fingerprint density at radius 3 is 2.34 bits per heavy atom. The molecule has 4 nitrogen and oxygen atoms in total. The van der Waals surface area contributed by atoms with E-state index in [1.807, 2.05) is 24.1 Å². The first-order valence-corrected chi connectivity index (χ1v) is 11.2. The smallest absolute Gasteiger partial charge is 0.369 e. The zero-order valence-electron chi connectivity index (χ0n) is 17.2. The van der Waals surface area contributed by atoms with E-state index in [-0.39, 0.29) is 5.69 Å². The maximum atomic E-state index is 13.8. The highest BCUT2D eigenvalue weighted by molar-refractivity contribution is 7.17. The molecule has 0 atom stereocenters. The fourth-order valence-electron chi connectivity index (χ4n) is 3.55. The van der Waals surface area contributed by atoms with Crippen LogP contribution < -0.4 is 10.2 Å². The molecule has 0 bridgehead atoms. The van der Waals surface area contributed by atoms with Gasteiger partial charge in [-0.05, 0) is 55.1 Å². The third kappa shape index (κ3) is 5.09. The number of rotatable bonds is 4. The first-order valence-electron chi connectivity index (χ1n) is 10.0. The van der Waals surface area contributed by atoms with Gasteiger partial charge < -0.3 is 15.1 Å². The fourth-order valence-corrected chi connectivity index (χ4v) is 4.58. The van der Waals surface area contributed by atoms with Crippen molar-refractivity contribution in [1.82, 2.24) is 4.90 Å². The van der Waals surface area contributed by atoms with Crippen LogP contribution in [0.25, 0.3) is 10.4 Å². The molecular weight excluding hydrogens is 459 g/mol. The largest absolute Gasteiger partial charge is 0.418 e. The average molecular weight is 480 g/mol. The van der Waals surface area contributed by atoms with Crippen molar-refractivity contribution in [2.75, 3.05) is 43.4 Å². The minimum absolute atomic E-state index is 0.248. The highest BCUT2D eigenvalue weighted by Gasteiger charge is 2.35. The number of benzene rings is 2. The second-order valence-corrected chi connectivity index (χ2v) is 9.16. The average Bonchev–Trinajstić information content (AvgIpc) is 3.25. The molecule has 9 heteroatoms. The number of halogens is 4. The number of alkyl halides is 3. The van der Waals surface area contributed by atoms with Gasteiger partial charge in [-0.15, -0.1) is 11.3 Å². The summed E-state index contributed by atoms with van der Waals surface area (Å²) < 4.78 is 41.3. The van der Waals surface area contributed by atoms with Gasteiger partial charge >= 0.3 is 6.18 Å². The Balaban J connectivity index is 1.55. The molecule has 1 aliphatic rings. The van der Waals surface area contributed by atoms with E-state index in [0.29, 0.717) is 28.7 Å². The normalized spacial score (nSPS) is 15.1. The lowest BCUT2D eigenvalue weighted by atomic mass is 10.1. The molecule has 1 aliphatic heterocycles. The lowest BCUT2D eigenvalue weighted by Crippen LogP contribution is -2.44.